The van der Waals surface area contributed by atoms with Crippen molar-refractivity contribution in [2.75, 3.05) is 4.90 Å². The number of hydrogen-bond acceptors (Lipinski definition) is 6. The van der Waals surface area contributed by atoms with E-state index in [1.54, 1.807) is 4.90 Å². The number of amides is 1. The zero-order valence-electron chi connectivity index (χ0n) is 16.4. The third kappa shape index (κ3) is 4.07. The first kappa shape index (κ1) is 18.9. The van der Waals surface area contributed by atoms with Gasteiger partial charge in [0.2, 0.25) is 11.7 Å². The van der Waals surface area contributed by atoms with Gasteiger partial charge in [0.15, 0.2) is 5.13 Å². The van der Waals surface area contributed by atoms with E-state index in [9.17, 15) is 4.79 Å². The van der Waals surface area contributed by atoms with Crippen LogP contribution in [0.15, 0.2) is 53.9 Å². The van der Waals surface area contributed by atoms with Crippen LogP contribution in [0.5, 0.6) is 0 Å². The third-order valence-electron chi connectivity index (χ3n) is 4.45. The molecular weight excluding hydrogens is 384 g/mol. The van der Waals surface area contributed by atoms with Crippen LogP contribution >= 0.6 is 11.3 Å². The van der Waals surface area contributed by atoms with Gasteiger partial charge in [-0.25, -0.2) is 4.98 Å². The molecule has 0 bridgehead atoms. The van der Waals surface area contributed by atoms with Crippen molar-refractivity contribution in [2.24, 2.45) is 0 Å². The molecule has 0 radical (unpaired) electrons. The Morgan fingerprint density at radius 1 is 1.14 bits per heavy atom. The molecule has 4 aromatic rings. The average molecular weight is 404 g/mol. The lowest BCUT2D eigenvalue weighted by molar-refractivity contribution is -0.115. The van der Waals surface area contributed by atoms with Crippen LogP contribution in [0.2, 0.25) is 0 Å². The molecule has 0 fully saturated rings. The SMILES string of the molecule is CC(=O)N(c1cccc(C)c1)c1nc(Cn2nnc(-c3ccccc3C)n2)cs1. The van der Waals surface area contributed by atoms with Gasteiger partial charge in [0.05, 0.1) is 11.4 Å². The summed E-state index contributed by atoms with van der Waals surface area (Å²) >= 11 is 1.42. The highest BCUT2D eigenvalue weighted by molar-refractivity contribution is 7.14. The van der Waals surface area contributed by atoms with Crippen LogP contribution in [0.25, 0.3) is 11.4 Å². The zero-order valence-corrected chi connectivity index (χ0v) is 17.2. The summed E-state index contributed by atoms with van der Waals surface area (Å²) in [5.74, 6) is 0.501. The highest BCUT2D eigenvalue weighted by Crippen LogP contribution is 2.29. The lowest BCUT2D eigenvalue weighted by Crippen LogP contribution is -2.22. The summed E-state index contributed by atoms with van der Waals surface area (Å²) in [6, 6.07) is 15.7. The van der Waals surface area contributed by atoms with Gasteiger partial charge in [-0.3, -0.25) is 9.69 Å². The Morgan fingerprint density at radius 3 is 2.72 bits per heavy atom. The molecule has 2 aromatic carbocycles. The number of nitrogens with zero attached hydrogens (tertiary/aromatic N) is 6. The topological polar surface area (TPSA) is 76.8 Å². The molecule has 0 aliphatic rings. The molecule has 0 aliphatic heterocycles. The number of rotatable bonds is 5. The highest BCUT2D eigenvalue weighted by atomic mass is 32.1. The molecular formula is C21H20N6OS. The fourth-order valence-corrected chi connectivity index (χ4v) is 3.93. The molecule has 8 heteroatoms. The number of aromatic nitrogens is 5. The number of carbonyl (C=O) groups is 1. The lowest BCUT2D eigenvalue weighted by atomic mass is 10.1. The van der Waals surface area contributed by atoms with Crippen molar-refractivity contribution in [1.82, 2.24) is 25.2 Å². The van der Waals surface area contributed by atoms with E-state index in [4.69, 9.17) is 0 Å². The van der Waals surface area contributed by atoms with Crippen LogP contribution in [0, 0.1) is 13.8 Å². The minimum Gasteiger partial charge on any atom is -0.274 e. The number of hydrogen-bond donors (Lipinski definition) is 0. The van der Waals surface area contributed by atoms with E-state index in [-0.39, 0.29) is 5.91 Å². The lowest BCUT2D eigenvalue weighted by Gasteiger charge is -2.18. The summed E-state index contributed by atoms with van der Waals surface area (Å²) in [5.41, 5.74) is 4.72. The van der Waals surface area contributed by atoms with Crippen molar-refractivity contribution < 1.29 is 4.79 Å². The second-order valence-corrected chi connectivity index (χ2v) is 7.61. The van der Waals surface area contributed by atoms with Gasteiger partial charge in [0, 0.05) is 17.9 Å². The molecule has 146 valence electrons. The average Bonchev–Trinajstić information content (AvgIpc) is 3.32. The number of thiazole rings is 1. The molecule has 0 saturated carbocycles. The molecule has 7 nitrogen and oxygen atoms in total. The Bertz CT molecular complexity index is 1170. The Kier molecular flexibility index (Phi) is 5.18. The number of carbonyl (C=O) groups excluding carboxylic acids is 1. The second-order valence-electron chi connectivity index (χ2n) is 6.77. The van der Waals surface area contributed by atoms with Crippen LogP contribution in [0.4, 0.5) is 10.8 Å². The fourth-order valence-electron chi connectivity index (χ4n) is 3.05. The molecule has 2 aromatic heterocycles. The maximum atomic E-state index is 12.3. The smallest absolute Gasteiger partial charge is 0.230 e. The van der Waals surface area contributed by atoms with E-state index in [1.165, 1.54) is 23.1 Å². The van der Waals surface area contributed by atoms with E-state index in [0.717, 1.165) is 28.1 Å². The van der Waals surface area contributed by atoms with Gasteiger partial charge in [-0.15, -0.1) is 21.5 Å². The summed E-state index contributed by atoms with van der Waals surface area (Å²) in [4.78, 5) is 20.0. The van der Waals surface area contributed by atoms with Gasteiger partial charge in [0.25, 0.3) is 0 Å². The van der Waals surface area contributed by atoms with Crippen LogP contribution in [-0.4, -0.2) is 31.1 Å². The number of aryl methyl sites for hydroxylation is 2. The van der Waals surface area contributed by atoms with Crippen molar-refractivity contribution in [3.05, 3.63) is 70.7 Å². The molecule has 0 atom stereocenters. The van der Waals surface area contributed by atoms with Gasteiger partial charge in [-0.1, -0.05) is 36.4 Å². The summed E-state index contributed by atoms with van der Waals surface area (Å²) < 4.78 is 0. The van der Waals surface area contributed by atoms with Gasteiger partial charge in [-0.2, -0.15) is 4.80 Å². The van der Waals surface area contributed by atoms with Crippen molar-refractivity contribution in [1.29, 1.82) is 0 Å². The van der Waals surface area contributed by atoms with Crippen LogP contribution in [-0.2, 0) is 11.3 Å². The number of tetrazole rings is 1. The molecule has 1 amide bonds. The quantitative estimate of drug-likeness (QED) is 0.499. The maximum Gasteiger partial charge on any atom is 0.230 e. The first-order chi connectivity index (χ1) is 14.0. The monoisotopic (exact) mass is 404 g/mol. The van der Waals surface area contributed by atoms with Gasteiger partial charge in [0.1, 0.15) is 6.54 Å². The Hall–Kier alpha value is -3.39. The van der Waals surface area contributed by atoms with Crippen LogP contribution in [0.1, 0.15) is 23.7 Å². The van der Waals surface area contributed by atoms with E-state index < -0.39 is 0 Å². The highest BCUT2D eigenvalue weighted by Gasteiger charge is 2.18. The van der Waals surface area contributed by atoms with Gasteiger partial charge >= 0.3 is 0 Å². The standard InChI is InChI=1S/C21H20N6OS/c1-14-7-6-9-18(11-14)27(16(3)28)21-22-17(13-29-21)12-26-24-20(23-25-26)19-10-5-4-8-15(19)2/h4-11,13H,12H2,1-3H3. The van der Waals surface area contributed by atoms with Crippen LogP contribution in [0.3, 0.4) is 0 Å². The first-order valence-electron chi connectivity index (χ1n) is 9.17. The predicted molar refractivity (Wildman–Crippen MR) is 113 cm³/mol. The third-order valence-corrected chi connectivity index (χ3v) is 5.32. The summed E-state index contributed by atoms with van der Waals surface area (Å²) in [6.07, 6.45) is 0. The summed E-state index contributed by atoms with van der Waals surface area (Å²) in [7, 11) is 0. The van der Waals surface area contributed by atoms with E-state index in [0.29, 0.717) is 17.5 Å². The molecule has 0 aliphatic carbocycles. The molecule has 2 heterocycles. The maximum absolute atomic E-state index is 12.3. The normalized spacial score (nSPS) is 10.9. The Morgan fingerprint density at radius 2 is 1.97 bits per heavy atom. The largest absolute Gasteiger partial charge is 0.274 e. The Balaban J connectivity index is 1.56. The number of benzene rings is 2. The first-order valence-corrected chi connectivity index (χ1v) is 10.0. The number of anilines is 2. The van der Waals surface area contributed by atoms with E-state index in [1.807, 2.05) is 67.8 Å². The Labute approximate surface area is 172 Å². The minimum absolute atomic E-state index is 0.0859. The fraction of sp³-hybridized carbons (Fsp3) is 0.190. The van der Waals surface area contributed by atoms with Gasteiger partial charge < -0.3 is 0 Å². The van der Waals surface area contributed by atoms with Crippen molar-refractivity contribution in [3.63, 3.8) is 0 Å². The molecule has 0 unspecified atom stereocenters. The molecule has 0 spiro atoms. The minimum atomic E-state index is -0.0859. The van der Waals surface area contributed by atoms with E-state index in [2.05, 4.69) is 20.4 Å². The zero-order chi connectivity index (χ0) is 20.4. The second kappa shape index (κ2) is 7.92. The van der Waals surface area contributed by atoms with E-state index >= 15 is 0 Å². The van der Waals surface area contributed by atoms with Crippen molar-refractivity contribution in [3.8, 4) is 11.4 Å². The summed E-state index contributed by atoms with van der Waals surface area (Å²) in [5, 5.41) is 15.3. The molecule has 0 N–H and O–H groups in total. The molecule has 4 rings (SSSR count). The van der Waals surface area contributed by atoms with Crippen molar-refractivity contribution in [2.45, 2.75) is 27.3 Å². The summed E-state index contributed by atoms with van der Waals surface area (Å²) in [6.45, 7) is 5.94. The molecule has 0 saturated heterocycles. The molecule has 29 heavy (non-hydrogen) atoms. The van der Waals surface area contributed by atoms with Crippen LogP contribution < -0.4 is 4.90 Å². The van der Waals surface area contributed by atoms with Crippen molar-refractivity contribution >= 4 is 28.1 Å². The predicted octanol–water partition coefficient (Wildman–Crippen LogP) is 4.15. The van der Waals surface area contributed by atoms with Gasteiger partial charge in [-0.05, 0) is 42.3 Å².